The number of sulfonamides is 1. The fraction of sp³-hybridized carbons (Fsp3) is 0.400. The zero-order chi connectivity index (χ0) is 18.8. The summed E-state index contributed by atoms with van der Waals surface area (Å²) in [6.07, 6.45) is 0.253. The molecule has 5 nitrogen and oxygen atoms in total. The van der Waals surface area contributed by atoms with Crippen LogP contribution in [0.4, 0.5) is 10.1 Å². The van der Waals surface area contributed by atoms with E-state index in [-0.39, 0.29) is 42.6 Å². The summed E-state index contributed by atoms with van der Waals surface area (Å²) in [6, 6.07) is 2.82. The third-order valence-electron chi connectivity index (χ3n) is 3.14. The molecule has 1 aliphatic carbocycles. The molecular weight excluding hydrogens is 345 g/mol. The van der Waals surface area contributed by atoms with E-state index in [1.165, 1.54) is 0 Å². The highest BCUT2D eigenvalue weighted by molar-refractivity contribution is 7.93. The van der Waals surface area contributed by atoms with Gasteiger partial charge in [-0.2, -0.15) is 0 Å². The Balaban J connectivity index is 2.47. The average molecular weight is 364 g/mol. The summed E-state index contributed by atoms with van der Waals surface area (Å²) in [4.78, 5) is 12.1. The monoisotopic (exact) mass is 363 g/mol. The van der Waals surface area contributed by atoms with Crippen molar-refractivity contribution in [3.63, 3.8) is 0 Å². The first-order valence-corrected chi connectivity index (χ1v) is 8.83. The van der Waals surface area contributed by atoms with Crippen molar-refractivity contribution in [2.75, 3.05) is 11.3 Å². The van der Waals surface area contributed by atoms with E-state index in [0.717, 1.165) is 18.2 Å². The van der Waals surface area contributed by atoms with Crippen molar-refractivity contribution in [2.45, 2.75) is 31.4 Å². The van der Waals surface area contributed by atoms with E-state index in [0.29, 0.717) is 0 Å². The standard InChI is InChI=1S/C15H17ClFNO4S/c1-2-22-15(19)11-5-3-4-6-14(11)23(20,21)18-13-8-7-10(17)9-12(13)16/h5,7-9,14,18H,2-4,6H2,1H3/i5D,14D. The molecule has 0 heterocycles. The van der Waals surface area contributed by atoms with Gasteiger partial charge in [0, 0.05) is 0 Å². The molecule has 8 heteroatoms. The van der Waals surface area contributed by atoms with E-state index in [1.54, 1.807) is 6.92 Å². The molecule has 1 unspecified atom stereocenters. The van der Waals surface area contributed by atoms with E-state index >= 15 is 0 Å². The molecule has 0 aliphatic heterocycles. The number of esters is 1. The Kier molecular flexibility index (Phi) is 4.76. The fourth-order valence-corrected chi connectivity index (χ4v) is 3.82. The lowest BCUT2D eigenvalue weighted by Crippen LogP contribution is -2.34. The average Bonchev–Trinajstić information content (AvgIpc) is 2.50. The number of hydrogen-bond acceptors (Lipinski definition) is 4. The molecule has 1 aromatic carbocycles. The molecule has 0 saturated heterocycles. The number of anilines is 1. The van der Waals surface area contributed by atoms with Crippen molar-refractivity contribution in [2.24, 2.45) is 0 Å². The highest BCUT2D eigenvalue weighted by Gasteiger charge is 2.35. The Hall–Kier alpha value is -1.60. The van der Waals surface area contributed by atoms with Gasteiger partial charge in [-0.25, -0.2) is 17.6 Å². The molecule has 126 valence electrons. The second-order valence-electron chi connectivity index (χ2n) is 4.78. The summed E-state index contributed by atoms with van der Waals surface area (Å²) in [7, 11) is -4.49. The summed E-state index contributed by atoms with van der Waals surface area (Å²) in [5.41, 5.74) is -0.624. The van der Waals surface area contributed by atoms with Crippen molar-refractivity contribution in [3.05, 3.63) is 40.7 Å². The van der Waals surface area contributed by atoms with E-state index in [2.05, 4.69) is 4.72 Å². The van der Waals surface area contributed by atoms with Crippen molar-refractivity contribution in [3.8, 4) is 0 Å². The molecular formula is C15H17ClFNO4S. The van der Waals surface area contributed by atoms with E-state index in [1.807, 2.05) is 0 Å². The predicted octanol–water partition coefficient (Wildman–Crippen LogP) is 3.26. The Morgan fingerprint density at radius 2 is 2.35 bits per heavy atom. The SMILES string of the molecule is [2H]C1=C(C(=O)OCC)C([2H])(S(=O)(=O)Nc2ccc(F)cc2Cl)CCC1. The first-order valence-electron chi connectivity index (χ1n) is 7.97. The van der Waals surface area contributed by atoms with Gasteiger partial charge in [0.1, 0.15) is 11.0 Å². The van der Waals surface area contributed by atoms with Gasteiger partial charge in [-0.15, -0.1) is 0 Å². The van der Waals surface area contributed by atoms with Gasteiger partial charge in [0.05, 0.1) is 25.6 Å². The first-order chi connectivity index (χ1) is 11.6. The predicted molar refractivity (Wildman–Crippen MR) is 86.3 cm³/mol. The van der Waals surface area contributed by atoms with Crippen LogP contribution < -0.4 is 4.72 Å². The summed E-state index contributed by atoms with van der Waals surface area (Å²) in [6.45, 7) is 1.53. The summed E-state index contributed by atoms with van der Waals surface area (Å²) >= 11 is 5.83. The van der Waals surface area contributed by atoms with Crippen LogP contribution in [0.3, 0.4) is 0 Å². The zero-order valence-electron chi connectivity index (χ0n) is 14.4. The van der Waals surface area contributed by atoms with Crippen LogP contribution in [-0.2, 0) is 19.6 Å². The molecule has 1 atom stereocenters. The minimum absolute atomic E-state index is 0.0110. The van der Waals surface area contributed by atoms with Crippen LogP contribution in [-0.4, -0.2) is 26.2 Å². The number of hydrogen-bond donors (Lipinski definition) is 1. The third kappa shape index (κ3) is 4.23. The van der Waals surface area contributed by atoms with Crippen LogP contribution >= 0.6 is 11.6 Å². The maximum atomic E-state index is 13.1. The van der Waals surface area contributed by atoms with Crippen molar-refractivity contribution in [1.82, 2.24) is 0 Å². The number of allylic oxidation sites excluding steroid dienone is 1. The summed E-state index contributed by atoms with van der Waals surface area (Å²) < 4.78 is 62.0. The lowest BCUT2D eigenvalue weighted by molar-refractivity contribution is -0.138. The highest BCUT2D eigenvalue weighted by Crippen LogP contribution is 2.30. The summed E-state index contributed by atoms with van der Waals surface area (Å²) in [5, 5.41) is -2.58. The van der Waals surface area contributed by atoms with Gasteiger partial charge < -0.3 is 4.74 Å². The molecule has 0 saturated carbocycles. The molecule has 0 amide bonds. The Labute approximate surface area is 142 Å². The Morgan fingerprint density at radius 3 is 3.00 bits per heavy atom. The number of halogens is 2. The largest absolute Gasteiger partial charge is 0.463 e. The van der Waals surface area contributed by atoms with Gasteiger partial charge in [0.15, 0.2) is 0 Å². The molecule has 1 aromatic rings. The second kappa shape index (κ2) is 7.31. The lowest BCUT2D eigenvalue weighted by atomic mass is 9.99. The number of ether oxygens (including phenoxy) is 1. The maximum absolute atomic E-state index is 13.1. The van der Waals surface area contributed by atoms with Crippen molar-refractivity contribution >= 4 is 33.3 Å². The van der Waals surface area contributed by atoms with Gasteiger partial charge in [-0.1, -0.05) is 17.7 Å². The number of rotatable bonds is 5. The molecule has 1 N–H and O–H groups in total. The quantitative estimate of drug-likeness (QED) is 0.815. The van der Waals surface area contributed by atoms with E-state index in [4.69, 9.17) is 19.1 Å². The van der Waals surface area contributed by atoms with Crippen LogP contribution in [0.15, 0.2) is 29.8 Å². The number of benzene rings is 1. The van der Waals surface area contributed by atoms with Gasteiger partial charge in [-0.3, -0.25) is 4.72 Å². The van der Waals surface area contributed by atoms with Gasteiger partial charge >= 0.3 is 5.97 Å². The fourth-order valence-electron chi connectivity index (χ4n) is 2.12. The summed E-state index contributed by atoms with van der Waals surface area (Å²) in [5.74, 6) is -1.65. The molecule has 1 aliphatic rings. The molecule has 0 aromatic heterocycles. The van der Waals surface area contributed by atoms with Crippen molar-refractivity contribution in [1.29, 1.82) is 0 Å². The second-order valence-corrected chi connectivity index (χ2v) is 6.89. The van der Waals surface area contributed by atoms with Crippen LogP contribution in [0, 0.1) is 5.82 Å². The third-order valence-corrected chi connectivity index (χ3v) is 5.00. The zero-order valence-corrected chi connectivity index (χ0v) is 13.9. The molecule has 0 spiro atoms. The lowest BCUT2D eigenvalue weighted by Gasteiger charge is -2.24. The highest BCUT2D eigenvalue weighted by atomic mass is 35.5. The van der Waals surface area contributed by atoms with Crippen molar-refractivity contribution < 1.29 is 25.1 Å². The topological polar surface area (TPSA) is 72.5 Å². The van der Waals surface area contributed by atoms with Crippen LogP contribution in [0.2, 0.25) is 5.02 Å². The van der Waals surface area contributed by atoms with E-state index < -0.39 is 32.6 Å². The number of carbonyl (C=O) groups excluding carboxylic acids is 1. The molecule has 0 fully saturated rings. The smallest absolute Gasteiger partial charge is 0.335 e. The van der Waals surface area contributed by atoms with Crippen LogP contribution in [0.5, 0.6) is 0 Å². The minimum Gasteiger partial charge on any atom is -0.463 e. The van der Waals surface area contributed by atoms with E-state index in [9.17, 15) is 17.6 Å². The molecule has 23 heavy (non-hydrogen) atoms. The van der Waals surface area contributed by atoms with Gasteiger partial charge in [0.2, 0.25) is 10.0 Å². The number of nitrogens with one attached hydrogen (secondary N) is 1. The van der Waals surface area contributed by atoms with Gasteiger partial charge in [0.25, 0.3) is 0 Å². The Bertz CT molecular complexity index is 831. The minimum atomic E-state index is -4.49. The maximum Gasteiger partial charge on any atom is 0.335 e. The Morgan fingerprint density at radius 1 is 1.61 bits per heavy atom. The molecule has 2 rings (SSSR count). The van der Waals surface area contributed by atoms with Gasteiger partial charge in [-0.05, 0) is 44.4 Å². The molecule has 0 bridgehead atoms. The normalized spacial score (nSPS) is 23.1. The number of carbonyl (C=O) groups is 1. The molecule has 0 radical (unpaired) electrons. The van der Waals surface area contributed by atoms with Crippen LogP contribution in [0.25, 0.3) is 0 Å². The first kappa shape index (κ1) is 15.0. The van der Waals surface area contributed by atoms with Crippen LogP contribution in [0.1, 0.15) is 28.9 Å².